The van der Waals surface area contributed by atoms with E-state index in [1.54, 1.807) is 13.2 Å². The van der Waals surface area contributed by atoms with Gasteiger partial charge in [-0.25, -0.2) is 18.7 Å². The van der Waals surface area contributed by atoms with Crippen molar-refractivity contribution in [1.82, 2.24) is 15.0 Å². The summed E-state index contributed by atoms with van der Waals surface area (Å²) < 4.78 is 50.1. The molecule has 11 heteroatoms. The van der Waals surface area contributed by atoms with E-state index >= 15 is 4.39 Å². The van der Waals surface area contributed by atoms with Crippen LogP contribution in [-0.2, 0) is 27.2 Å². The third-order valence-corrected chi connectivity index (χ3v) is 6.93. The lowest BCUT2D eigenvalue weighted by molar-refractivity contribution is -0.133. The fraction of sp³-hybridized carbons (Fsp3) is 0.300. The molecule has 0 atom stereocenters. The largest absolute Gasteiger partial charge is 0.485 e. The van der Waals surface area contributed by atoms with Crippen molar-refractivity contribution in [1.29, 1.82) is 0 Å². The Hall–Kier alpha value is -4.51. The molecule has 0 unspecified atom stereocenters. The van der Waals surface area contributed by atoms with Crippen LogP contribution in [0.1, 0.15) is 24.0 Å². The predicted octanol–water partition coefficient (Wildman–Crippen LogP) is 4.83. The average Bonchev–Trinajstić information content (AvgIpc) is 3.78. The lowest BCUT2D eigenvalue weighted by atomic mass is 9.88. The van der Waals surface area contributed by atoms with E-state index in [0.717, 1.165) is 6.07 Å². The summed E-state index contributed by atoms with van der Waals surface area (Å²) >= 11 is 0. The number of aromatic nitrogens is 3. The van der Waals surface area contributed by atoms with E-state index in [1.165, 1.54) is 49.8 Å². The van der Waals surface area contributed by atoms with Crippen molar-refractivity contribution in [2.75, 3.05) is 27.4 Å². The van der Waals surface area contributed by atoms with Gasteiger partial charge >= 0.3 is 0 Å². The Kier molecular flexibility index (Phi) is 8.16. The Morgan fingerprint density at radius 3 is 2.34 bits per heavy atom. The summed E-state index contributed by atoms with van der Waals surface area (Å²) in [5, 5.41) is 0. The summed E-state index contributed by atoms with van der Waals surface area (Å²) in [6.07, 6.45) is 1.92. The van der Waals surface area contributed by atoms with E-state index in [4.69, 9.17) is 18.9 Å². The summed E-state index contributed by atoms with van der Waals surface area (Å²) in [7, 11) is 3.01. The number of halogens is 2. The minimum Gasteiger partial charge on any atom is -0.485 e. The summed E-state index contributed by atoms with van der Waals surface area (Å²) in [5.41, 5.74) is 0.354. The van der Waals surface area contributed by atoms with Crippen LogP contribution in [0.5, 0.6) is 23.3 Å². The van der Waals surface area contributed by atoms with Crippen molar-refractivity contribution in [3.05, 3.63) is 77.6 Å². The number of benzene rings is 2. The van der Waals surface area contributed by atoms with Crippen LogP contribution in [0.15, 0.2) is 54.9 Å². The molecule has 5 rings (SSSR count). The number of ether oxygens (including phenoxy) is 4. The molecule has 0 N–H and O–H groups in total. The molecule has 0 radical (unpaired) electrons. The highest BCUT2D eigenvalue weighted by Gasteiger charge is 2.54. The Balaban J connectivity index is 1.29. The molecule has 41 heavy (non-hydrogen) atoms. The van der Waals surface area contributed by atoms with Gasteiger partial charge in [-0.15, -0.1) is 0 Å². The number of Topliss-reactive ketones (excluding diaryl/α,β-unsaturated/α-hetero) is 2. The number of fused-ring (bicyclic) bond motifs is 1. The van der Waals surface area contributed by atoms with Gasteiger partial charge in [0.15, 0.2) is 22.8 Å². The third-order valence-electron chi connectivity index (χ3n) is 6.93. The zero-order valence-corrected chi connectivity index (χ0v) is 22.5. The maximum absolute atomic E-state index is 15.1. The molecule has 1 saturated carbocycles. The summed E-state index contributed by atoms with van der Waals surface area (Å²) in [4.78, 5) is 38.8. The van der Waals surface area contributed by atoms with Crippen LogP contribution >= 0.6 is 0 Å². The molecule has 2 aromatic heterocycles. The predicted molar refractivity (Wildman–Crippen MR) is 143 cm³/mol. The first kappa shape index (κ1) is 28.0. The van der Waals surface area contributed by atoms with Gasteiger partial charge in [0.25, 0.3) is 5.88 Å². The average molecular weight is 564 g/mol. The molecular weight excluding hydrogens is 536 g/mol. The van der Waals surface area contributed by atoms with Crippen molar-refractivity contribution in [2.45, 2.75) is 25.7 Å². The Labute approximate surface area is 234 Å². The van der Waals surface area contributed by atoms with E-state index < -0.39 is 17.0 Å². The molecule has 0 amide bonds. The van der Waals surface area contributed by atoms with Gasteiger partial charge in [0.1, 0.15) is 35.8 Å². The zero-order valence-electron chi connectivity index (χ0n) is 22.5. The van der Waals surface area contributed by atoms with Crippen LogP contribution in [0.3, 0.4) is 0 Å². The monoisotopic (exact) mass is 563 g/mol. The minimum atomic E-state index is -1.12. The molecule has 0 bridgehead atoms. The number of methoxy groups -OCH3 is 2. The van der Waals surface area contributed by atoms with Gasteiger partial charge in [-0.2, -0.15) is 4.98 Å². The second-order valence-electron chi connectivity index (χ2n) is 9.65. The van der Waals surface area contributed by atoms with Crippen LogP contribution in [0.4, 0.5) is 8.78 Å². The van der Waals surface area contributed by atoms with E-state index in [9.17, 15) is 14.0 Å². The van der Waals surface area contributed by atoms with Gasteiger partial charge in [-0.05, 0) is 42.2 Å². The van der Waals surface area contributed by atoms with Crippen LogP contribution in [0.2, 0.25) is 0 Å². The van der Waals surface area contributed by atoms with E-state index in [-0.39, 0.29) is 59.6 Å². The smallest absolute Gasteiger partial charge is 0.257 e. The first-order valence-electron chi connectivity index (χ1n) is 12.9. The van der Waals surface area contributed by atoms with E-state index in [2.05, 4.69) is 15.0 Å². The van der Waals surface area contributed by atoms with Crippen molar-refractivity contribution in [2.24, 2.45) is 5.41 Å². The lowest BCUT2D eigenvalue weighted by Crippen LogP contribution is -2.29. The fourth-order valence-electron chi connectivity index (χ4n) is 4.47. The third kappa shape index (κ3) is 6.14. The van der Waals surface area contributed by atoms with Crippen LogP contribution < -0.4 is 14.2 Å². The number of ketones is 2. The van der Waals surface area contributed by atoms with E-state index in [1.807, 2.05) is 0 Å². The number of rotatable bonds is 13. The van der Waals surface area contributed by atoms with Gasteiger partial charge in [-0.3, -0.25) is 9.59 Å². The highest BCUT2D eigenvalue weighted by molar-refractivity contribution is 6.11. The highest BCUT2D eigenvalue weighted by atomic mass is 19.1. The summed E-state index contributed by atoms with van der Waals surface area (Å²) in [6.45, 7) is 0.659. The first-order chi connectivity index (χ1) is 19.8. The van der Waals surface area contributed by atoms with Gasteiger partial charge in [0.05, 0.1) is 19.1 Å². The van der Waals surface area contributed by atoms with Gasteiger partial charge in [-0.1, -0.05) is 18.2 Å². The van der Waals surface area contributed by atoms with Gasteiger partial charge in [0.2, 0.25) is 5.88 Å². The summed E-state index contributed by atoms with van der Waals surface area (Å²) in [5.74, 6) is -0.864. The minimum absolute atomic E-state index is 0.0216. The lowest BCUT2D eigenvalue weighted by Gasteiger charge is -2.14. The number of hydrogen-bond acceptors (Lipinski definition) is 9. The quantitative estimate of drug-likeness (QED) is 0.167. The molecule has 2 heterocycles. The van der Waals surface area contributed by atoms with Crippen LogP contribution in [-0.4, -0.2) is 54.0 Å². The molecule has 0 aliphatic heterocycles. The molecule has 0 saturated heterocycles. The molecule has 9 nitrogen and oxygen atoms in total. The fourth-order valence-corrected chi connectivity index (χ4v) is 4.47. The zero-order chi connectivity index (χ0) is 29.0. The highest BCUT2D eigenvalue weighted by Crippen LogP contribution is 2.49. The normalized spacial score (nSPS) is 13.6. The van der Waals surface area contributed by atoms with E-state index in [0.29, 0.717) is 36.3 Å². The molecule has 4 aromatic rings. The maximum Gasteiger partial charge on any atom is 0.257 e. The summed E-state index contributed by atoms with van der Waals surface area (Å²) in [6, 6.07) is 11.3. The van der Waals surface area contributed by atoms with Crippen LogP contribution in [0.25, 0.3) is 11.0 Å². The van der Waals surface area contributed by atoms with Gasteiger partial charge in [0, 0.05) is 32.1 Å². The standard InChI is InChI=1S/C30H27F2N3O6/c1-38-11-12-40-24-16-23-27(35-28(24)39-2)29(34-17-33-23)41-21-8-5-19(22(32)15-21)14-26(37)30(9-10-30)25(36)13-18-3-6-20(31)7-4-18/h3-8,15-17H,9-14H2,1-2H3. The Morgan fingerprint density at radius 2 is 1.66 bits per heavy atom. The first-order valence-corrected chi connectivity index (χ1v) is 12.9. The molecular formula is C30H27F2N3O6. The second kappa shape index (κ2) is 11.9. The van der Waals surface area contributed by atoms with Crippen molar-refractivity contribution in [3.8, 4) is 23.3 Å². The van der Waals surface area contributed by atoms with Crippen molar-refractivity contribution >= 4 is 22.6 Å². The topological polar surface area (TPSA) is 110 Å². The SMILES string of the molecule is COCCOc1cc2ncnc(Oc3ccc(CC(=O)C4(C(=O)Cc5ccc(F)cc5)CC4)c(F)c3)c2nc1OC. The van der Waals surface area contributed by atoms with Crippen molar-refractivity contribution in [3.63, 3.8) is 0 Å². The number of carbonyl (C=O) groups is 2. The number of hydrogen-bond donors (Lipinski definition) is 0. The molecule has 1 fully saturated rings. The molecule has 2 aromatic carbocycles. The molecule has 0 spiro atoms. The number of nitrogens with zero attached hydrogens (tertiary/aromatic N) is 3. The number of carbonyl (C=O) groups excluding carboxylic acids is 2. The second-order valence-corrected chi connectivity index (χ2v) is 9.65. The number of pyridine rings is 1. The Morgan fingerprint density at radius 1 is 0.902 bits per heavy atom. The van der Waals surface area contributed by atoms with Gasteiger partial charge < -0.3 is 18.9 Å². The Bertz CT molecular complexity index is 1590. The van der Waals surface area contributed by atoms with Crippen molar-refractivity contribution < 1.29 is 37.3 Å². The maximum atomic E-state index is 15.1. The molecule has 212 valence electrons. The molecule has 1 aliphatic rings. The van der Waals surface area contributed by atoms with Crippen LogP contribution in [0, 0.1) is 17.0 Å². The molecule has 1 aliphatic carbocycles.